The predicted octanol–water partition coefficient (Wildman–Crippen LogP) is 5.31. The second-order valence-corrected chi connectivity index (χ2v) is 12.3. The number of anilines is 1. The molecule has 1 spiro atoms. The van der Waals surface area contributed by atoms with Crippen LogP contribution in [0.25, 0.3) is 0 Å². The molecule has 18 heteroatoms. The number of nitrogen functional groups attached to an aromatic ring is 1. The fraction of sp³-hybridized carbons (Fsp3) is 0.364. The topological polar surface area (TPSA) is 154 Å². The third-order valence-electron chi connectivity index (χ3n) is 9.05. The maximum absolute atomic E-state index is 15.3. The van der Waals surface area contributed by atoms with Gasteiger partial charge < -0.3 is 30.6 Å². The van der Waals surface area contributed by atoms with Gasteiger partial charge in [-0.3, -0.25) is 13.9 Å². The van der Waals surface area contributed by atoms with E-state index in [0.29, 0.717) is 16.7 Å². The zero-order valence-electron chi connectivity index (χ0n) is 26.4. The van der Waals surface area contributed by atoms with Crippen molar-refractivity contribution in [3.63, 3.8) is 0 Å². The van der Waals surface area contributed by atoms with Crippen LogP contribution in [0.1, 0.15) is 64.5 Å². The van der Waals surface area contributed by atoms with Gasteiger partial charge >= 0.3 is 24.1 Å². The van der Waals surface area contributed by atoms with Gasteiger partial charge in [0.05, 0.1) is 36.0 Å². The van der Waals surface area contributed by atoms with E-state index in [1.807, 2.05) is 0 Å². The zero-order chi connectivity index (χ0) is 36.9. The number of carboxylic acid groups (broad SMARTS) is 1. The van der Waals surface area contributed by atoms with Crippen LogP contribution in [-0.4, -0.2) is 33.4 Å². The molecule has 0 bridgehead atoms. The van der Waals surface area contributed by atoms with Gasteiger partial charge in [-0.15, -0.1) is 0 Å². The van der Waals surface area contributed by atoms with Crippen molar-refractivity contribution >= 4 is 11.8 Å². The number of carbonyl (C=O) groups is 1. The average molecular weight is 726 g/mol. The van der Waals surface area contributed by atoms with Gasteiger partial charge in [-0.25, -0.2) is 14.0 Å². The minimum absolute atomic E-state index is 0.107. The van der Waals surface area contributed by atoms with Gasteiger partial charge in [0.15, 0.2) is 0 Å². The van der Waals surface area contributed by atoms with Crippen LogP contribution in [0.3, 0.4) is 0 Å². The number of aromatic nitrogens is 2. The normalized spacial score (nSPS) is 17.7. The molecule has 2 unspecified atom stereocenters. The van der Waals surface area contributed by atoms with Crippen molar-refractivity contribution in [1.82, 2.24) is 19.8 Å². The van der Waals surface area contributed by atoms with E-state index in [1.54, 1.807) is 0 Å². The first-order chi connectivity index (χ1) is 24.0. The van der Waals surface area contributed by atoms with Crippen molar-refractivity contribution in [2.24, 2.45) is 0 Å². The summed E-state index contributed by atoms with van der Waals surface area (Å²) in [6.07, 6.45) is -13.1. The lowest BCUT2D eigenvalue weighted by Crippen LogP contribution is -2.49. The minimum atomic E-state index is -5.07. The second kappa shape index (κ2) is 13.2. The van der Waals surface area contributed by atoms with Crippen LogP contribution in [0, 0.1) is 5.82 Å². The van der Waals surface area contributed by atoms with Gasteiger partial charge in [0.1, 0.15) is 23.3 Å². The number of rotatable bonds is 8. The first-order valence-corrected chi connectivity index (χ1v) is 15.6. The molecule has 0 saturated carbocycles. The summed E-state index contributed by atoms with van der Waals surface area (Å²) in [6.45, 7) is -1.18. The molecular formula is C33H30F7N5O6. The van der Waals surface area contributed by atoms with Crippen molar-refractivity contribution < 1.29 is 49.8 Å². The number of halogens is 7. The number of benzene rings is 2. The lowest BCUT2D eigenvalue weighted by Gasteiger charge is -2.34. The first kappa shape index (κ1) is 35.7. The maximum Gasteiger partial charge on any atom is 0.449 e. The molecule has 2 aliphatic heterocycles. The highest BCUT2D eigenvalue weighted by molar-refractivity contribution is 5.65. The van der Waals surface area contributed by atoms with Gasteiger partial charge in [-0.2, -0.15) is 26.3 Å². The summed E-state index contributed by atoms with van der Waals surface area (Å²) in [6, 6.07) is 8.54. The summed E-state index contributed by atoms with van der Waals surface area (Å²) in [4.78, 5) is 40.8. The fourth-order valence-corrected chi connectivity index (χ4v) is 6.82. The molecule has 4 heterocycles. The molecule has 1 amide bonds. The van der Waals surface area contributed by atoms with Crippen molar-refractivity contribution in [3.05, 3.63) is 121 Å². The number of alkyl halides is 6. The molecule has 1 saturated heterocycles. The number of ether oxygens (including phenoxy) is 1. The van der Waals surface area contributed by atoms with Crippen LogP contribution in [0.2, 0.25) is 0 Å². The SMILES string of the molecule is Nc1cccc(C(Cn2c(=O)c3c(n(Cc4c(F)cccc4C(F)(F)F)c2=O)C(Cc2ccc(C(F)(F)F)o2)OC32CCNCC2)NC(=O)O)c1. The standard InChI is InChI=1S/C33H30F7N5O6/c34-22-6-2-5-21(32(35,36)37)20(22)15-44-27-24(14-19-7-8-25(50-19)33(38,39)40)51-31(9-11-42-12-10-31)26(27)28(46)45(30(44)49)16-23(43-29(47)48)17-3-1-4-18(41)13-17/h1-8,13,23-24,42-43H,9-12,14-16,41H2,(H,47,48). The number of piperidine rings is 1. The van der Waals surface area contributed by atoms with Gasteiger partial charge in [0.2, 0.25) is 5.76 Å². The molecule has 2 aromatic carbocycles. The van der Waals surface area contributed by atoms with Crippen LogP contribution in [0.4, 0.5) is 41.2 Å². The molecule has 11 nitrogen and oxygen atoms in total. The number of nitrogens with two attached hydrogens (primary N) is 1. The Morgan fingerprint density at radius 2 is 1.73 bits per heavy atom. The molecular weight excluding hydrogens is 695 g/mol. The number of amides is 1. The second-order valence-electron chi connectivity index (χ2n) is 12.3. The lowest BCUT2D eigenvalue weighted by atomic mass is 9.85. The van der Waals surface area contributed by atoms with Crippen molar-refractivity contribution in [1.29, 1.82) is 0 Å². The molecule has 2 atom stereocenters. The van der Waals surface area contributed by atoms with Gasteiger partial charge in [-0.05, 0) is 67.9 Å². The molecule has 2 aromatic heterocycles. The summed E-state index contributed by atoms with van der Waals surface area (Å²) in [7, 11) is 0. The highest BCUT2D eigenvalue weighted by Gasteiger charge is 2.51. The summed E-state index contributed by atoms with van der Waals surface area (Å²) >= 11 is 0. The Kier molecular flexibility index (Phi) is 9.26. The van der Waals surface area contributed by atoms with Gasteiger partial charge in [-0.1, -0.05) is 18.2 Å². The number of furan rings is 1. The fourth-order valence-electron chi connectivity index (χ4n) is 6.82. The van der Waals surface area contributed by atoms with Crippen molar-refractivity contribution in [2.75, 3.05) is 18.8 Å². The molecule has 2 aliphatic rings. The van der Waals surface area contributed by atoms with Gasteiger partial charge in [0.25, 0.3) is 5.56 Å². The van der Waals surface area contributed by atoms with Crippen molar-refractivity contribution in [3.8, 4) is 0 Å². The number of fused-ring (bicyclic) bond motifs is 2. The number of nitrogens with zero attached hydrogens (tertiary/aromatic N) is 2. The van der Waals surface area contributed by atoms with Gasteiger partial charge in [0, 0.05) is 17.7 Å². The molecule has 272 valence electrons. The van der Waals surface area contributed by atoms with E-state index in [-0.39, 0.29) is 54.2 Å². The predicted molar refractivity (Wildman–Crippen MR) is 165 cm³/mol. The highest BCUT2D eigenvalue weighted by atomic mass is 19.4. The Morgan fingerprint density at radius 3 is 2.35 bits per heavy atom. The first-order valence-electron chi connectivity index (χ1n) is 15.6. The smallest absolute Gasteiger partial charge is 0.449 e. The molecule has 0 aliphatic carbocycles. The third-order valence-corrected chi connectivity index (χ3v) is 9.05. The summed E-state index contributed by atoms with van der Waals surface area (Å²) in [5.41, 5.74) is -0.0911. The Bertz CT molecular complexity index is 2080. The Balaban J connectivity index is 1.60. The molecule has 51 heavy (non-hydrogen) atoms. The van der Waals surface area contributed by atoms with E-state index in [4.69, 9.17) is 14.9 Å². The Morgan fingerprint density at radius 1 is 1.02 bits per heavy atom. The van der Waals surface area contributed by atoms with E-state index >= 15 is 4.39 Å². The number of hydrogen-bond acceptors (Lipinski definition) is 7. The zero-order valence-corrected chi connectivity index (χ0v) is 26.4. The molecule has 4 aromatic rings. The molecule has 1 fully saturated rings. The van der Waals surface area contributed by atoms with Crippen LogP contribution in [-0.2, 0) is 42.2 Å². The number of hydrogen-bond donors (Lipinski definition) is 4. The molecule has 6 rings (SSSR count). The van der Waals surface area contributed by atoms with Crippen LogP contribution < -0.4 is 27.6 Å². The third kappa shape index (κ3) is 6.97. The van der Waals surface area contributed by atoms with Crippen LogP contribution in [0.5, 0.6) is 0 Å². The largest absolute Gasteiger partial charge is 0.465 e. The highest BCUT2D eigenvalue weighted by Crippen LogP contribution is 2.48. The maximum atomic E-state index is 15.3. The van der Waals surface area contributed by atoms with E-state index in [1.165, 1.54) is 24.3 Å². The monoisotopic (exact) mass is 725 g/mol. The van der Waals surface area contributed by atoms with E-state index in [0.717, 1.165) is 22.8 Å². The van der Waals surface area contributed by atoms with Crippen LogP contribution >= 0.6 is 0 Å². The van der Waals surface area contributed by atoms with Crippen LogP contribution in [0.15, 0.2) is 68.6 Å². The number of nitrogens with one attached hydrogen (secondary N) is 2. The average Bonchev–Trinajstić information content (AvgIpc) is 3.64. The van der Waals surface area contributed by atoms with Crippen molar-refractivity contribution in [2.45, 2.75) is 62.5 Å². The van der Waals surface area contributed by atoms with E-state index < -0.39 is 89.7 Å². The van der Waals surface area contributed by atoms with E-state index in [9.17, 15) is 45.8 Å². The minimum Gasteiger partial charge on any atom is -0.465 e. The van der Waals surface area contributed by atoms with E-state index in [2.05, 4.69) is 10.6 Å². The quantitative estimate of drug-likeness (QED) is 0.141. The Hall–Kier alpha value is -5.10. The molecule has 5 N–H and O–H groups in total. The summed E-state index contributed by atoms with van der Waals surface area (Å²) in [5, 5.41) is 15.0. The summed E-state index contributed by atoms with van der Waals surface area (Å²) < 4.78 is 111. The molecule has 0 radical (unpaired) electrons. The lowest BCUT2D eigenvalue weighted by molar-refractivity contribution is -0.153. The summed E-state index contributed by atoms with van der Waals surface area (Å²) in [5.74, 6) is -2.91. The Labute approximate surface area is 283 Å².